The highest BCUT2D eigenvalue weighted by atomic mass is 19.4. The molecule has 3 rings (SSSR count). The molecule has 1 aromatic carbocycles. The molecular formula is C19H22F3N3O4. The first-order valence-electron chi connectivity index (χ1n) is 9.29. The van der Waals surface area contributed by atoms with Gasteiger partial charge in [0.25, 0.3) is 0 Å². The second kappa shape index (κ2) is 8.30. The van der Waals surface area contributed by atoms with Crippen LogP contribution in [0.1, 0.15) is 19.3 Å². The lowest BCUT2D eigenvalue weighted by Gasteiger charge is -2.26. The van der Waals surface area contributed by atoms with Crippen molar-refractivity contribution in [3.8, 4) is 5.75 Å². The molecule has 0 radical (unpaired) electrons. The van der Waals surface area contributed by atoms with Gasteiger partial charge in [-0.2, -0.15) is 13.2 Å². The Morgan fingerprint density at radius 1 is 1.31 bits per heavy atom. The van der Waals surface area contributed by atoms with Crippen LogP contribution in [0.4, 0.5) is 18.9 Å². The molecule has 29 heavy (non-hydrogen) atoms. The first-order valence-corrected chi connectivity index (χ1v) is 9.29. The quantitative estimate of drug-likeness (QED) is 0.797. The minimum Gasteiger partial charge on any atom is -0.497 e. The summed E-state index contributed by atoms with van der Waals surface area (Å²) in [5.41, 5.74) is 0.602. The van der Waals surface area contributed by atoms with Crippen LogP contribution < -0.4 is 15.0 Å². The smallest absolute Gasteiger partial charge is 0.405 e. The highest BCUT2D eigenvalue weighted by Crippen LogP contribution is 2.30. The van der Waals surface area contributed by atoms with E-state index >= 15 is 0 Å². The molecule has 2 fully saturated rings. The number of carbonyl (C=O) groups is 3. The summed E-state index contributed by atoms with van der Waals surface area (Å²) >= 11 is 0. The van der Waals surface area contributed by atoms with E-state index in [-0.39, 0.29) is 31.3 Å². The Kier molecular flexibility index (Phi) is 5.99. The van der Waals surface area contributed by atoms with Crippen molar-refractivity contribution in [2.45, 2.75) is 31.5 Å². The maximum atomic E-state index is 12.9. The van der Waals surface area contributed by atoms with E-state index in [0.717, 1.165) is 0 Å². The summed E-state index contributed by atoms with van der Waals surface area (Å²) in [5, 5.41) is 1.85. The van der Waals surface area contributed by atoms with Gasteiger partial charge in [-0.25, -0.2) is 0 Å². The van der Waals surface area contributed by atoms with Crippen LogP contribution in [0.3, 0.4) is 0 Å². The molecular weight excluding hydrogens is 391 g/mol. The van der Waals surface area contributed by atoms with Crippen LogP contribution in [0, 0.1) is 5.92 Å². The van der Waals surface area contributed by atoms with Crippen molar-refractivity contribution in [1.29, 1.82) is 0 Å². The zero-order chi connectivity index (χ0) is 21.2. The normalized spacial score (nSPS) is 22.1. The van der Waals surface area contributed by atoms with E-state index in [2.05, 4.69) is 0 Å². The fraction of sp³-hybridized carbons (Fsp3) is 0.526. The van der Waals surface area contributed by atoms with E-state index in [0.29, 0.717) is 24.3 Å². The lowest BCUT2D eigenvalue weighted by atomic mass is 10.1. The van der Waals surface area contributed by atoms with E-state index < -0.39 is 30.6 Å². The largest absolute Gasteiger partial charge is 0.497 e. The molecule has 10 heteroatoms. The maximum Gasteiger partial charge on any atom is 0.405 e. The van der Waals surface area contributed by atoms with Crippen LogP contribution in [0.5, 0.6) is 5.75 Å². The summed E-state index contributed by atoms with van der Waals surface area (Å²) in [6, 6.07) is 5.95. The summed E-state index contributed by atoms with van der Waals surface area (Å²) in [7, 11) is 1.51. The van der Waals surface area contributed by atoms with Crippen LogP contribution in [-0.4, -0.2) is 61.6 Å². The van der Waals surface area contributed by atoms with Crippen LogP contribution in [-0.2, 0) is 14.4 Å². The van der Waals surface area contributed by atoms with Gasteiger partial charge < -0.3 is 19.9 Å². The summed E-state index contributed by atoms with van der Waals surface area (Å²) in [5.74, 6) is -1.50. The van der Waals surface area contributed by atoms with Crippen molar-refractivity contribution in [1.82, 2.24) is 10.2 Å². The van der Waals surface area contributed by atoms with Crippen molar-refractivity contribution in [3.05, 3.63) is 24.3 Å². The maximum absolute atomic E-state index is 12.9. The van der Waals surface area contributed by atoms with E-state index in [1.807, 2.05) is 5.32 Å². The number of likely N-dealkylation sites (tertiary alicyclic amines) is 1. The molecule has 0 aromatic heterocycles. The Morgan fingerprint density at radius 3 is 2.76 bits per heavy atom. The zero-order valence-corrected chi connectivity index (χ0v) is 15.9. The Balaban J connectivity index is 1.66. The number of rotatable bonds is 5. The van der Waals surface area contributed by atoms with Gasteiger partial charge in [-0.3, -0.25) is 14.4 Å². The van der Waals surface area contributed by atoms with Crippen LogP contribution in [0.2, 0.25) is 0 Å². The summed E-state index contributed by atoms with van der Waals surface area (Å²) in [4.78, 5) is 40.3. The number of nitrogens with one attached hydrogen (secondary N) is 1. The van der Waals surface area contributed by atoms with Gasteiger partial charge in [0.2, 0.25) is 17.7 Å². The molecule has 7 nitrogen and oxygen atoms in total. The van der Waals surface area contributed by atoms with Crippen LogP contribution >= 0.6 is 0 Å². The molecule has 0 aliphatic carbocycles. The standard InChI is InChI=1S/C19H22F3N3O4/c1-29-14-5-2-4-13(9-14)25-10-12(8-16(25)26)18(28)24-7-3-6-15(24)17(27)23-11-19(20,21)22/h2,4-5,9,12,15H,3,6-8,10-11H2,1H3,(H,23,27). The number of benzene rings is 1. The SMILES string of the molecule is COc1cccc(N2CC(C(=O)N3CCCC3C(=O)NCC(F)(F)F)CC2=O)c1. The molecule has 3 amide bonds. The molecule has 2 heterocycles. The van der Waals surface area contributed by atoms with Gasteiger partial charge in [-0.05, 0) is 25.0 Å². The van der Waals surface area contributed by atoms with Crippen molar-refractivity contribution >= 4 is 23.4 Å². The minimum atomic E-state index is -4.52. The summed E-state index contributed by atoms with van der Waals surface area (Å²) < 4.78 is 42.2. The van der Waals surface area contributed by atoms with Gasteiger partial charge in [-0.1, -0.05) is 6.07 Å². The zero-order valence-electron chi connectivity index (χ0n) is 15.9. The number of amides is 3. The van der Waals surface area contributed by atoms with E-state index in [4.69, 9.17) is 4.74 Å². The number of alkyl halides is 3. The fourth-order valence-electron chi connectivity index (χ4n) is 3.74. The number of nitrogens with zero attached hydrogens (tertiary/aromatic N) is 2. The van der Waals surface area contributed by atoms with E-state index in [1.165, 1.54) is 16.9 Å². The van der Waals surface area contributed by atoms with Gasteiger partial charge >= 0.3 is 6.18 Å². The Bertz CT molecular complexity index is 799. The lowest BCUT2D eigenvalue weighted by Crippen LogP contribution is -2.49. The number of halogens is 3. The number of hydrogen-bond acceptors (Lipinski definition) is 4. The predicted octanol–water partition coefficient (Wildman–Crippen LogP) is 1.72. The number of methoxy groups -OCH3 is 1. The van der Waals surface area contributed by atoms with Crippen molar-refractivity contribution in [2.24, 2.45) is 5.92 Å². The number of ether oxygens (including phenoxy) is 1. The van der Waals surface area contributed by atoms with Gasteiger partial charge in [0.1, 0.15) is 18.3 Å². The predicted molar refractivity (Wildman–Crippen MR) is 97.3 cm³/mol. The molecule has 2 aliphatic rings. The third-order valence-corrected chi connectivity index (χ3v) is 5.14. The second-order valence-corrected chi connectivity index (χ2v) is 7.13. The van der Waals surface area contributed by atoms with E-state index in [9.17, 15) is 27.6 Å². The molecule has 0 bridgehead atoms. The Hall–Kier alpha value is -2.78. The van der Waals surface area contributed by atoms with Gasteiger partial charge in [0.15, 0.2) is 0 Å². The molecule has 0 saturated carbocycles. The molecule has 0 spiro atoms. The third-order valence-electron chi connectivity index (χ3n) is 5.14. The molecule has 158 valence electrons. The average Bonchev–Trinajstić information content (AvgIpc) is 3.32. The van der Waals surface area contributed by atoms with Gasteiger partial charge in [0, 0.05) is 31.3 Å². The number of hydrogen-bond donors (Lipinski definition) is 1. The second-order valence-electron chi connectivity index (χ2n) is 7.13. The topological polar surface area (TPSA) is 79.0 Å². The monoisotopic (exact) mass is 413 g/mol. The first-order chi connectivity index (χ1) is 13.7. The Morgan fingerprint density at radius 2 is 2.07 bits per heavy atom. The highest BCUT2D eigenvalue weighted by molar-refractivity contribution is 6.01. The summed E-state index contributed by atoms with van der Waals surface area (Å²) in [6.07, 6.45) is -3.70. The Labute approximate surface area is 165 Å². The van der Waals surface area contributed by atoms with Crippen molar-refractivity contribution in [2.75, 3.05) is 31.6 Å². The number of carbonyl (C=O) groups excluding carboxylic acids is 3. The molecule has 1 N–H and O–H groups in total. The molecule has 2 unspecified atom stereocenters. The fourth-order valence-corrected chi connectivity index (χ4v) is 3.74. The molecule has 2 atom stereocenters. The molecule has 2 saturated heterocycles. The third kappa shape index (κ3) is 4.80. The van der Waals surface area contributed by atoms with Crippen LogP contribution in [0.15, 0.2) is 24.3 Å². The van der Waals surface area contributed by atoms with Gasteiger partial charge in [0.05, 0.1) is 13.0 Å². The lowest BCUT2D eigenvalue weighted by molar-refractivity contribution is -0.146. The molecule has 1 aromatic rings. The minimum absolute atomic E-state index is 0.0105. The first kappa shape index (κ1) is 20.9. The van der Waals surface area contributed by atoms with Crippen molar-refractivity contribution in [3.63, 3.8) is 0 Å². The average molecular weight is 413 g/mol. The van der Waals surface area contributed by atoms with Crippen molar-refractivity contribution < 1.29 is 32.3 Å². The number of anilines is 1. The van der Waals surface area contributed by atoms with Gasteiger partial charge in [-0.15, -0.1) is 0 Å². The summed E-state index contributed by atoms with van der Waals surface area (Å²) in [6.45, 7) is -0.999. The van der Waals surface area contributed by atoms with E-state index in [1.54, 1.807) is 24.3 Å². The highest BCUT2D eigenvalue weighted by Gasteiger charge is 2.42. The molecule has 2 aliphatic heterocycles. The van der Waals surface area contributed by atoms with Crippen LogP contribution in [0.25, 0.3) is 0 Å².